The maximum absolute atomic E-state index is 10.1. The van der Waals surface area contributed by atoms with Crippen LogP contribution in [-0.4, -0.2) is 11.7 Å². The van der Waals surface area contributed by atoms with Gasteiger partial charge in [-0.3, -0.25) is 0 Å². The number of aliphatic hydroxyl groups is 1. The molecule has 2 aromatic rings. The molecular formula is C17H20O2. The van der Waals surface area contributed by atoms with E-state index < -0.39 is 6.10 Å². The molecule has 2 aromatic carbocycles. The summed E-state index contributed by atoms with van der Waals surface area (Å²) in [6.07, 6.45) is -0.597. The van der Waals surface area contributed by atoms with Gasteiger partial charge in [0.1, 0.15) is 18.5 Å². The average molecular weight is 256 g/mol. The van der Waals surface area contributed by atoms with Crippen LogP contribution in [0.15, 0.2) is 42.5 Å². The van der Waals surface area contributed by atoms with Crippen molar-refractivity contribution in [2.24, 2.45) is 0 Å². The molecule has 0 aliphatic carbocycles. The van der Waals surface area contributed by atoms with Crippen LogP contribution in [0.2, 0.25) is 0 Å². The quantitative estimate of drug-likeness (QED) is 0.903. The molecule has 0 fully saturated rings. The molecule has 0 aliphatic rings. The highest BCUT2D eigenvalue weighted by Crippen LogP contribution is 2.19. The van der Waals surface area contributed by atoms with Crippen LogP contribution in [0, 0.1) is 20.8 Å². The van der Waals surface area contributed by atoms with Gasteiger partial charge in [-0.05, 0) is 49.6 Å². The van der Waals surface area contributed by atoms with Crippen LogP contribution in [0.1, 0.15) is 28.4 Å². The lowest BCUT2D eigenvalue weighted by Crippen LogP contribution is -2.10. The molecule has 1 atom stereocenters. The molecule has 0 aliphatic heterocycles. The second-order valence-electron chi connectivity index (χ2n) is 4.98. The third-order valence-electron chi connectivity index (χ3n) is 3.34. The molecule has 0 aromatic heterocycles. The van der Waals surface area contributed by atoms with Gasteiger partial charge in [0.15, 0.2) is 0 Å². The summed E-state index contributed by atoms with van der Waals surface area (Å²) in [5.41, 5.74) is 4.51. The van der Waals surface area contributed by atoms with Crippen molar-refractivity contribution in [3.05, 3.63) is 64.7 Å². The fraction of sp³-hybridized carbons (Fsp3) is 0.294. The van der Waals surface area contributed by atoms with Gasteiger partial charge in [0.05, 0.1) is 0 Å². The zero-order valence-corrected chi connectivity index (χ0v) is 11.7. The Morgan fingerprint density at radius 3 is 2.26 bits per heavy atom. The van der Waals surface area contributed by atoms with E-state index in [2.05, 4.69) is 6.92 Å². The highest BCUT2D eigenvalue weighted by atomic mass is 16.5. The SMILES string of the molecule is Cc1ccc(OCC(O)c2ccc(C)c(C)c2)cc1. The third-order valence-corrected chi connectivity index (χ3v) is 3.34. The maximum Gasteiger partial charge on any atom is 0.119 e. The summed E-state index contributed by atoms with van der Waals surface area (Å²) in [7, 11) is 0. The Morgan fingerprint density at radius 1 is 0.947 bits per heavy atom. The number of benzene rings is 2. The molecule has 0 saturated carbocycles. The van der Waals surface area contributed by atoms with Crippen molar-refractivity contribution >= 4 is 0 Å². The summed E-state index contributed by atoms with van der Waals surface area (Å²) in [4.78, 5) is 0. The summed E-state index contributed by atoms with van der Waals surface area (Å²) < 4.78 is 5.60. The number of ether oxygens (including phenoxy) is 1. The molecule has 100 valence electrons. The first-order valence-corrected chi connectivity index (χ1v) is 6.51. The molecule has 19 heavy (non-hydrogen) atoms. The van der Waals surface area contributed by atoms with Crippen LogP contribution in [0.4, 0.5) is 0 Å². The Labute approximate surface area is 114 Å². The van der Waals surface area contributed by atoms with Crippen molar-refractivity contribution in [1.82, 2.24) is 0 Å². The van der Waals surface area contributed by atoms with E-state index in [0.29, 0.717) is 0 Å². The van der Waals surface area contributed by atoms with Crippen LogP contribution >= 0.6 is 0 Å². The van der Waals surface area contributed by atoms with Crippen LogP contribution in [-0.2, 0) is 0 Å². The van der Waals surface area contributed by atoms with Crippen molar-refractivity contribution in [2.75, 3.05) is 6.61 Å². The van der Waals surface area contributed by atoms with Gasteiger partial charge in [-0.25, -0.2) is 0 Å². The molecule has 0 amide bonds. The zero-order valence-electron chi connectivity index (χ0n) is 11.7. The first-order chi connectivity index (χ1) is 9.06. The fourth-order valence-electron chi connectivity index (χ4n) is 1.88. The predicted octanol–water partition coefficient (Wildman–Crippen LogP) is 3.72. The van der Waals surface area contributed by atoms with Crippen LogP contribution in [0.3, 0.4) is 0 Å². The van der Waals surface area contributed by atoms with E-state index in [1.165, 1.54) is 16.7 Å². The number of hydrogen-bond acceptors (Lipinski definition) is 2. The summed E-state index contributed by atoms with van der Waals surface area (Å²) >= 11 is 0. The monoisotopic (exact) mass is 256 g/mol. The first kappa shape index (κ1) is 13.6. The molecule has 0 saturated heterocycles. The van der Waals surface area contributed by atoms with Gasteiger partial charge in [0.2, 0.25) is 0 Å². The maximum atomic E-state index is 10.1. The Hall–Kier alpha value is -1.80. The highest BCUT2D eigenvalue weighted by Gasteiger charge is 2.09. The first-order valence-electron chi connectivity index (χ1n) is 6.51. The van der Waals surface area contributed by atoms with E-state index in [1.807, 2.05) is 56.3 Å². The molecule has 2 nitrogen and oxygen atoms in total. The molecule has 1 N–H and O–H groups in total. The normalized spacial score (nSPS) is 12.2. The third kappa shape index (κ3) is 3.58. The van der Waals surface area contributed by atoms with E-state index in [4.69, 9.17) is 4.74 Å². The van der Waals surface area contributed by atoms with E-state index >= 15 is 0 Å². The van der Waals surface area contributed by atoms with Crippen LogP contribution in [0.25, 0.3) is 0 Å². The summed E-state index contributed by atoms with van der Waals surface area (Å²) in [5, 5.41) is 10.1. The Kier molecular flexibility index (Phi) is 4.23. The molecule has 0 bridgehead atoms. The van der Waals surface area contributed by atoms with Gasteiger partial charge in [0, 0.05) is 0 Å². The van der Waals surface area contributed by atoms with Crippen LogP contribution < -0.4 is 4.74 Å². The minimum Gasteiger partial charge on any atom is -0.491 e. The summed E-state index contributed by atoms with van der Waals surface area (Å²) in [6.45, 7) is 6.42. The van der Waals surface area contributed by atoms with Crippen LogP contribution in [0.5, 0.6) is 5.75 Å². The molecular weight excluding hydrogens is 236 g/mol. The van der Waals surface area contributed by atoms with Gasteiger partial charge in [-0.2, -0.15) is 0 Å². The Bertz CT molecular complexity index is 544. The molecule has 0 heterocycles. The van der Waals surface area contributed by atoms with Gasteiger partial charge < -0.3 is 9.84 Å². The van der Waals surface area contributed by atoms with E-state index in [1.54, 1.807) is 0 Å². The van der Waals surface area contributed by atoms with E-state index in [9.17, 15) is 5.11 Å². The number of rotatable bonds is 4. The van der Waals surface area contributed by atoms with Crippen molar-refractivity contribution in [3.8, 4) is 5.75 Å². The average Bonchev–Trinajstić information content (AvgIpc) is 2.41. The standard InChI is InChI=1S/C17H20O2/c1-12-4-8-16(9-5-12)19-11-17(18)15-7-6-13(2)14(3)10-15/h4-10,17-18H,11H2,1-3H3. The minimum atomic E-state index is -0.597. The predicted molar refractivity (Wildman–Crippen MR) is 77.5 cm³/mol. The lowest BCUT2D eigenvalue weighted by molar-refractivity contribution is 0.108. The molecule has 2 rings (SSSR count). The highest BCUT2D eigenvalue weighted by molar-refractivity contribution is 5.31. The largest absolute Gasteiger partial charge is 0.491 e. The Balaban J connectivity index is 1.98. The summed E-state index contributed by atoms with van der Waals surface area (Å²) in [6, 6.07) is 13.8. The van der Waals surface area contributed by atoms with Gasteiger partial charge in [-0.1, -0.05) is 35.9 Å². The number of aliphatic hydroxyl groups excluding tert-OH is 1. The lowest BCUT2D eigenvalue weighted by atomic mass is 10.0. The lowest BCUT2D eigenvalue weighted by Gasteiger charge is -2.14. The van der Waals surface area contributed by atoms with Crippen molar-refractivity contribution in [1.29, 1.82) is 0 Å². The van der Waals surface area contributed by atoms with Crippen molar-refractivity contribution < 1.29 is 9.84 Å². The van der Waals surface area contributed by atoms with Crippen molar-refractivity contribution in [3.63, 3.8) is 0 Å². The second-order valence-corrected chi connectivity index (χ2v) is 4.98. The van der Waals surface area contributed by atoms with Crippen molar-refractivity contribution in [2.45, 2.75) is 26.9 Å². The molecule has 0 radical (unpaired) electrons. The Morgan fingerprint density at radius 2 is 1.63 bits per heavy atom. The second kappa shape index (κ2) is 5.89. The zero-order chi connectivity index (χ0) is 13.8. The fourth-order valence-corrected chi connectivity index (χ4v) is 1.88. The molecule has 0 spiro atoms. The van der Waals surface area contributed by atoms with E-state index in [0.717, 1.165) is 11.3 Å². The molecule has 1 unspecified atom stereocenters. The molecule has 2 heteroatoms. The van der Waals surface area contributed by atoms with E-state index in [-0.39, 0.29) is 6.61 Å². The summed E-state index contributed by atoms with van der Waals surface area (Å²) in [5.74, 6) is 0.786. The minimum absolute atomic E-state index is 0.269. The number of hydrogen-bond donors (Lipinski definition) is 1. The smallest absolute Gasteiger partial charge is 0.119 e. The van der Waals surface area contributed by atoms with Gasteiger partial charge in [-0.15, -0.1) is 0 Å². The number of aryl methyl sites for hydroxylation is 3. The topological polar surface area (TPSA) is 29.5 Å². The van der Waals surface area contributed by atoms with Gasteiger partial charge in [0.25, 0.3) is 0 Å². The van der Waals surface area contributed by atoms with Gasteiger partial charge >= 0.3 is 0 Å².